The summed E-state index contributed by atoms with van der Waals surface area (Å²) in [6.45, 7) is 5.47. The molecule has 0 radical (unpaired) electrons. The number of carbonyl (C=O) groups excluding carboxylic acids is 2. The van der Waals surface area contributed by atoms with E-state index >= 15 is 0 Å². The topological polar surface area (TPSA) is 84.7 Å². The summed E-state index contributed by atoms with van der Waals surface area (Å²) in [5.74, 6) is 0.226. The van der Waals surface area contributed by atoms with Crippen LogP contribution in [0.25, 0.3) is 5.69 Å². The second-order valence-corrected chi connectivity index (χ2v) is 8.10. The highest BCUT2D eigenvalue weighted by Crippen LogP contribution is 2.23. The van der Waals surface area contributed by atoms with E-state index in [0.717, 1.165) is 31.9 Å². The van der Waals surface area contributed by atoms with Gasteiger partial charge in [0.1, 0.15) is 5.75 Å². The average molecular weight is 530 g/mol. The molecule has 0 atom stereocenters. The molecule has 0 fully saturated rings. The van der Waals surface area contributed by atoms with Gasteiger partial charge in [-0.05, 0) is 85.0 Å². The van der Waals surface area contributed by atoms with Gasteiger partial charge in [0.05, 0.1) is 16.9 Å². The Bertz CT molecular complexity index is 1150. The maximum absolute atomic E-state index is 12.4. The SMILES string of the molecule is COc1cc(C(=O)N/N=C/c2cc(C)n(-c3ccc(NC(C)=O)cc3)c2C)ccc1I. The molecule has 7 nitrogen and oxygen atoms in total. The van der Waals surface area contributed by atoms with E-state index < -0.39 is 0 Å². The molecular weight excluding hydrogens is 507 g/mol. The lowest BCUT2D eigenvalue weighted by atomic mass is 10.2. The molecule has 3 rings (SSSR count). The Morgan fingerprint density at radius 2 is 1.81 bits per heavy atom. The van der Waals surface area contributed by atoms with Crippen LogP contribution in [-0.2, 0) is 4.79 Å². The van der Waals surface area contributed by atoms with Crippen LogP contribution in [0.3, 0.4) is 0 Å². The Balaban J connectivity index is 1.75. The minimum absolute atomic E-state index is 0.106. The third-order valence-corrected chi connectivity index (χ3v) is 5.59. The monoisotopic (exact) mass is 530 g/mol. The number of nitrogens with one attached hydrogen (secondary N) is 2. The second kappa shape index (κ2) is 9.78. The zero-order valence-electron chi connectivity index (χ0n) is 17.7. The van der Waals surface area contributed by atoms with Crippen LogP contribution in [0, 0.1) is 17.4 Å². The summed E-state index contributed by atoms with van der Waals surface area (Å²) in [7, 11) is 1.57. The van der Waals surface area contributed by atoms with E-state index in [-0.39, 0.29) is 11.8 Å². The number of carbonyl (C=O) groups is 2. The van der Waals surface area contributed by atoms with E-state index in [1.807, 2.05) is 50.2 Å². The summed E-state index contributed by atoms with van der Waals surface area (Å²) >= 11 is 2.15. The quantitative estimate of drug-likeness (QED) is 0.281. The average Bonchev–Trinajstić information content (AvgIpc) is 3.01. The first-order chi connectivity index (χ1) is 14.8. The van der Waals surface area contributed by atoms with E-state index in [4.69, 9.17) is 4.74 Å². The predicted octanol–water partition coefficient (Wildman–Crippen LogP) is 4.43. The van der Waals surface area contributed by atoms with Crippen LogP contribution in [0.5, 0.6) is 5.75 Å². The van der Waals surface area contributed by atoms with Crippen molar-refractivity contribution in [1.82, 2.24) is 9.99 Å². The first-order valence-corrected chi connectivity index (χ1v) is 10.6. The highest BCUT2D eigenvalue weighted by atomic mass is 127. The smallest absolute Gasteiger partial charge is 0.271 e. The molecule has 0 spiro atoms. The molecule has 0 saturated heterocycles. The van der Waals surface area contributed by atoms with Crippen molar-refractivity contribution in [3.63, 3.8) is 0 Å². The first kappa shape index (κ1) is 22.5. The number of halogens is 1. The molecule has 0 unspecified atom stereocenters. The Labute approximate surface area is 194 Å². The summed E-state index contributed by atoms with van der Waals surface area (Å²) in [5.41, 5.74) is 7.66. The van der Waals surface area contributed by atoms with E-state index in [9.17, 15) is 9.59 Å². The van der Waals surface area contributed by atoms with Gasteiger partial charge in [0.15, 0.2) is 0 Å². The van der Waals surface area contributed by atoms with Gasteiger partial charge in [-0.2, -0.15) is 5.10 Å². The lowest BCUT2D eigenvalue weighted by molar-refractivity contribution is -0.114. The molecule has 8 heteroatoms. The van der Waals surface area contributed by atoms with Crippen LogP contribution in [0.15, 0.2) is 53.6 Å². The molecule has 0 aliphatic heterocycles. The predicted molar refractivity (Wildman–Crippen MR) is 130 cm³/mol. The first-order valence-electron chi connectivity index (χ1n) is 9.54. The molecule has 31 heavy (non-hydrogen) atoms. The van der Waals surface area contributed by atoms with Crippen LogP contribution in [0.4, 0.5) is 5.69 Å². The van der Waals surface area contributed by atoms with Crippen LogP contribution in [0.1, 0.15) is 34.2 Å². The minimum Gasteiger partial charge on any atom is -0.496 e. The van der Waals surface area contributed by atoms with Crippen molar-refractivity contribution in [2.75, 3.05) is 12.4 Å². The van der Waals surface area contributed by atoms with Crippen molar-refractivity contribution in [2.45, 2.75) is 20.8 Å². The molecule has 1 heterocycles. The molecule has 2 aromatic carbocycles. The van der Waals surface area contributed by atoms with Gasteiger partial charge in [-0.1, -0.05) is 0 Å². The van der Waals surface area contributed by atoms with Crippen molar-refractivity contribution in [3.8, 4) is 11.4 Å². The van der Waals surface area contributed by atoms with Crippen molar-refractivity contribution < 1.29 is 14.3 Å². The van der Waals surface area contributed by atoms with Crippen molar-refractivity contribution in [1.29, 1.82) is 0 Å². The van der Waals surface area contributed by atoms with E-state index in [1.165, 1.54) is 6.92 Å². The van der Waals surface area contributed by atoms with E-state index in [0.29, 0.717) is 11.3 Å². The van der Waals surface area contributed by atoms with Crippen LogP contribution in [0.2, 0.25) is 0 Å². The van der Waals surface area contributed by atoms with Gasteiger partial charge >= 0.3 is 0 Å². The van der Waals surface area contributed by atoms with Crippen molar-refractivity contribution >= 4 is 46.3 Å². The standard InChI is InChI=1S/C23H23IN4O3/c1-14-11-18(13-25-27-23(30)17-5-10-21(24)22(12-17)31-4)15(2)28(14)20-8-6-19(7-9-20)26-16(3)29/h5-13H,1-4H3,(H,26,29)(H,27,30)/b25-13+. The number of hydrazone groups is 1. The molecule has 0 saturated carbocycles. The van der Waals surface area contributed by atoms with E-state index in [2.05, 4.69) is 43.0 Å². The number of benzene rings is 2. The van der Waals surface area contributed by atoms with Gasteiger partial charge in [-0.25, -0.2) is 5.43 Å². The Kier molecular flexibility index (Phi) is 7.11. The van der Waals surface area contributed by atoms with Gasteiger partial charge in [0, 0.05) is 40.8 Å². The normalized spacial score (nSPS) is 10.9. The molecular formula is C23H23IN4O3. The van der Waals surface area contributed by atoms with Gasteiger partial charge < -0.3 is 14.6 Å². The summed E-state index contributed by atoms with van der Waals surface area (Å²) in [6.07, 6.45) is 1.63. The maximum atomic E-state index is 12.4. The zero-order valence-corrected chi connectivity index (χ0v) is 19.9. The fourth-order valence-corrected chi connectivity index (χ4v) is 3.79. The molecule has 160 valence electrons. The number of rotatable bonds is 6. The summed E-state index contributed by atoms with van der Waals surface area (Å²) in [6, 6.07) is 14.8. The van der Waals surface area contributed by atoms with Crippen molar-refractivity contribution in [2.24, 2.45) is 5.10 Å². The van der Waals surface area contributed by atoms with Gasteiger partial charge in [-0.3, -0.25) is 9.59 Å². The number of hydrogen-bond acceptors (Lipinski definition) is 4. The molecule has 1 aromatic heterocycles. The second-order valence-electron chi connectivity index (χ2n) is 6.94. The highest BCUT2D eigenvalue weighted by molar-refractivity contribution is 14.1. The van der Waals surface area contributed by atoms with Crippen LogP contribution >= 0.6 is 22.6 Å². The third-order valence-electron chi connectivity index (χ3n) is 4.70. The van der Waals surface area contributed by atoms with Crippen LogP contribution in [-0.4, -0.2) is 29.7 Å². The number of nitrogens with zero attached hydrogens (tertiary/aromatic N) is 2. The number of ether oxygens (including phenoxy) is 1. The van der Waals surface area contributed by atoms with Gasteiger partial charge in [0.25, 0.3) is 5.91 Å². The maximum Gasteiger partial charge on any atom is 0.271 e. The summed E-state index contributed by atoms with van der Waals surface area (Å²) in [4.78, 5) is 23.6. The van der Waals surface area contributed by atoms with Gasteiger partial charge in [-0.15, -0.1) is 0 Å². The summed E-state index contributed by atoms with van der Waals surface area (Å²) < 4.78 is 8.28. The Morgan fingerprint density at radius 3 is 2.45 bits per heavy atom. The Hall–Kier alpha value is -3.14. The number of aryl methyl sites for hydroxylation is 1. The summed E-state index contributed by atoms with van der Waals surface area (Å²) in [5, 5.41) is 6.89. The van der Waals surface area contributed by atoms with Gasteiger partial charge in [0.2, 0.25) is 5.91 Å². The Morgan fingerprint density at radius 1 is 1.10 bits per heavy atom. The molecule has 0 bridgehead atoms. The zero-order chi connectivity index (χ0) is 22.5. The number of methoxy groups -OCH3 is 1. The number of aromatic nitrogens is 1. The van der Waals surface area contributed by atoms with E-state index in [1.54, 1.807) is 25.5 Å². The molecule has 2 amide bonds. The molecule has 0 aliphatic rings. The minimum atomic E-state index is -0.312. The molecule has 2 N–H and O–H groups in total. The number of anilines is 1. The largest absolute Gasteiger partial charge is 0.496 e. The highest BCUT2D eigenvalue weighted by Gasteiger charge is 2.11. The van der Waals surface area contributed by atoms with Crippen molar-refractivity contribution in [3.05, 3.63) is 74.6 Å². The number of amides is 2. The third kappa shape index (κ3) is 5.32. The lowest BCUT2D eigenvalue weighted by Crippen LogP contribution is -2.17. The lowest BCUT2D eigenvalue weighted by Gasteiger charge is -2.11. The fourth-order valence-electron chi connectivity index (χ4n) is 3.24. The fraction of sp³-hybridized carbons (Fsp3) is 0.174. The van der Waals surface area contributed by atoms with Crippen LogP contribution < -0.4 is 15.5 Å². The molecule has 3 aromatic rings. The number of hydrogen-bond donors (Lipinski definition) is 2. The molecule has 0 aliphatic carbocycles.